The average Bonchev–Trinajstić information content (AvgIpc) is 2.73. The van der Waals surface area contributed by atoms with Crippen LogP contribution in [-0.2, 0) is 14.8 Å². The van der Waals surface area contributed by atoms with Crippen molar-refractivity contribution < 1.29 is 22.7 Å². The normalized spacial score (nSPS) is 15.2. The summed E-state index contributed by atoms with van der Waals surface area (Å²) in [6, 6.07) is 12.4. The van der Waals surface area contributed by atoms with E-state index in [4.69, 9.17) is 16.3 Å². The number of carbonyl (C=O) groups excluding carboxylic acids is 2. The minimum absolute atomic E-state index is 0.0286. The first-order valence-corrected chi connectivity index (χ1v) is 10.8. The summed E-state index contributed by atoms with van der Waals surface area (Å²) in [5.74, 6) is -1.12. The third-order valence-electron chi connectivity index (χ3n) is 4.53. The Labute approximate surface area is 169 Å². The Morgan fingerprint density at radius 2 is 1.64 bits per heavy atom. The molecule has 3 rings (SSSR count). The number of piperidine rings is 1. The monoisotopic (exact) mass is 421 g/mol. The van der Waals surface area contributed by atoms with Gasteiger partial charge in [-0.3, -0.25) is 4.79 Å². The number of ketones is 1. The molecule has 0 unspecified atom stereocenters. The van der Waals surface area contributed by atoms with E-state index < -0.39 is 22.6 Å². The maximum atomic E-state index is 12.9. The lowest BCUT2D eigenvalue weighted by Gasteiger charge is -2.26. The highest BCUT2D eigenvalue weighted by Gasteiger charge is 2.29. The van der Waals surface area contributed by atoms with E-state index in [-0.39, 0.29) is 21.3 Å². The summed E-state index contributed by atoms with van der Waals surface area (Å²) in [5, 5.41) is 0.0440. The first kappa shape index (κ1) is 20.5. The molecule has 1 heterocycles. The molecule has 0 bridgehead atoms. The summed E-state index contributed by atoms with van der Waals surface area (Å²) in [6.45, 7) is 0.428. The highest BCUT2D eigenvalue weighted by molar-refractivity contribution is 7.89. The van der Waals surface area contributed by atoms with Crippen molar-refractivity contribution in [1.82, 2.24) is 4.31 Å². The molecule has 28 heavy (non-hydrogen) atoms. The maximum Gasteiger partial charge on any atom is 0.338 e. The molecule has 0 aromatic heterocycles. The fourth-order valence-electron chi connectivity index (χ4n) is 2.99. The molecule has 2 aromatic carbocycles. The lowest BCUT2D eigenvalue weighted by Crippen LogP contribution is -2.35. The largest absolute Gasteiger partial charge is 0.454 e. The van der Waals surface area contributed by atoms with Crippen LogP contribution >= 0.6 is 11.6 Å². The minimum atomic E-state index is -3.80. The van der Waals surface area contributed by atoms with Gasteiger partial charge in [0.2, 0.25) is 10.0 Å². The molecule has 2 aromatic rings. The predicted molar refractivity (Wildman–Crippen MR) is 105 cm³/mol. The molecule has 8 heteroatoms. The standard InChI is InChI=1S/C20H20ClNO5S/c21-17-10-9-16(13-19(17)28(25,26)22-11-5-2-6-12-22)20(24)27-14-18(23)15-7-3-1-4-8-15/h1,3-4,7-10,13H,2,5-6,11-12,14H2. The fraction of sp³-hybridized carbons (Fsp3) is 0.300. The molecule has 1 aliphatic heterocycles. The van der Waals surface area contributed by atoms with E-state index in [1.165, 1.54) is 22.5 Å². The smallest absolute Gasteiger partial charge is 0.338 e. The number of hydrogen-bond donors (Lipinski definition) is 0. The number of rotatable bonds is 6. The van der Waals surface area contributed by atoms with Gasteiger partial charge in [-0.1, -0.05) is 48.4 Å². The molecule has 0 radical (unpaired) electrons. The van der Waals surface area contributed by atoms with Gasteiger partial charge in [0.1, 0.15) is 4.90 Å². The molecule has 1 aliphatic rings. The van der Waals surface area contributed by atoms with E-state index in [2.05, 4.69) is 0 Å². The van der Waals surface area contributed by atoms with Gasteiger partial charge in [-0.25, -0.2) is 13.2 Å². The molecule has 0 atom stereocenters. The van der Waals surface area contributed by atoms with E-state index in [9.17, 15) is 18.0 Å². The second-order valence-electron chi connectivity index (χ2n) is 6.48. The maximum absolute atomic E-state index is 12.9. The first-order chi connectivity index (χ1) is 13.4. The van der Waals surface area contributed by atoms with Crippen LogP contribution in [0.1, 0.15) is 40.0 Å². The van der Waals surface area contributed by atoms with Gasteiger partial charge in [-0.2, -0.15) is 4.31 Å². The first-order valence-electron chi connectivity index (χ1n) is 8.94. The summed E-state index contributed by atoms with van der Waals surface area (Å²) >= 11 is 6.10. The highest BCUT2D eigenvalue weighted by Crippen LogP contribution is 2.28. The molecule has 0 saturated carbocycles. The van der Waals surface area contributed by atoms with Crippen LogP contribution < -0.4 is 0 Å². The van der Waals surface area contributed by atoms with Crippen LogP contribution in [0, 0.1) is 0 Å². The molecular formula is C20H20ClNO5S. The zero-order valence-corrected chi connectivity index (χ0v) is 16.7. The second-order valence-corrected chi connectivity index (χ2v) is 8.79. The third kappa shape index (κ3) is 4.60. The molecular weight excluding hydrogens is 402 g/mol. The van der Waals surface area contributed by atoms with Crippen LogP contribution in [0.3, 0.4) is 0 Å². The van der Waals surface area contributed by atoms with E-state index in [0.29, 0.717) is 18.7 Å². The zero-order chi connectivity index (χ0) is 20.1. The summed E-state index contributed by atoms with van der Waals surface area (Å²) in [7, 11) is -3.80. The highest BCUT2D eigenvalue weighted by atomic mass is 35.5. The van der Waals surface area contributed by atoms with Gasteiger partial charge in [0.05, 0.1) is 10.6 Å². The molecule has 1 fully saturated rings. The molecule has 148 valence electrons. The number of halogens is 1. The predicted octanol–water partition coefficient (Wildman–Crippen LogP) is 3.55. The van der Waals surface area contributed by atoms with Gasteiger partial charge in [-0.05, 0) is 31.0 Å². The number of ether oxygens (including phenoxy) is 1. The van der Waals surface area contributed by atoms with Gasteiger partial charge < -0.3 is 4.74 Å². The zero-order valence-electron chi connectivity index (χ0n) is 15.1. The molecule has 0 aliphatic carbocycles. The number of benzene rings is 2. The van der Waals surface area contributed by atoms with Crippen LogP contribution in [0.4, 0.5) is 0 Å². The van der Waals surface area contributed by atoms with Gasteiger partial charge >= 0.3 is 5.97 Å². The third-order valence-corrected chi connectivity index (χ3v) is 6.91. The number of carbonyl (C=O) groups is 2. The lowest BCUT2D eigenvalue weighted by molar-refractivity contribution is 0.0474. The van der Waals surface area contributed by atoms with Crippen LogP contribution in [0.2, 0.25) is 5.02 Å². The summed E-state index contributed by atoms with van der Waals surface area (Å²) in [6.07, 6.45) is 2.57. The number of sulfonamides is 1. The Kier molecular flexibility index (Phi) is 6.49. The topological polar surface area (TPSA) is 80.8 Å². The fourth-order valence-corrected chi connectivity index (χ4v) is 5.01. The average molecular weight is 422 g/mol. The summed E-state index contributed by atoms with van der Waals surface area (Å²) in [4.78, 5) is 24.3. The molecule has 0 spiro atoms. The van der Waals surface area contributed by atoms with Gasteiger partial charge in [0.15, 0.2) is 12.4 Å². The van der Waals surface area contributed by atoms with Gasteiger partial charge in [-0.15, -0.1) is 0 Å². The van der Waals surface area contributed by atoms with Gasteiger partial charge in [0, 0.05) is 18.7 Å². The SMILES string of the molecule is O=C(COC(=O)c1ccc(Cl)c(S(=O)(=O)N2CCCCC2)c1)c1ccccc1. The quantitative estimate of drug-likeness (QED) is 0.526. The van der Waals surface area contributed by atoms with Crippen molar-refractivity contribution in [3.05, 3.63) is 64.7 Å². The lowest BCUT2D eigenvalue weighted by atomic mass is 10.1. The van der Waals surface area contributed by atoms with Crippen molar-refractivity contribution in [3.8, 4) is 0 Å². The number of esters is 1. The Bertz CT molecular complexity index is 969. The minimum Gasteiger partial charge on any atom is -0.454 e. The van der Waals surface area contributed by atoms with Crippen LogP contribution in [-0.4, -0.2) is 44.2 Å². The number of Topliss-reactive ketones (excluding diaryl/α,β-unsaturated/α-hetero) is 1. The summed E-state index contributed by atoms with van der Waals surface area (Å²) in [5.41, 5.74) is 0.459. The Balaban J connectivity index is 1.75. The molecule has 6 nitrogen and oxygen atoms in total. The number of nitrogens with zero attached hydrogens (tertiary/aromatic N) is 1. The van der Waals surface area contributed by atoms with Crippen molar-refractivity contribution >= 4 is 33.4 Å². The van der Waals surface area contributed by atoms with Crippen molar-refractivity contribution in [1.29, 1.82) is 0 Å². The van der Waals surface area contributed by atoms with Gasteiger partial charge in [0.25, 0.3) is 0 Å². The van der Waals surface area contributed by atoms with Crippen LogP contribution in [0.5, 0.6) is 0 Å². The summed E-state index contributed by atoms with van der Waals surface area (Å²) < 4.78 is 32.2. The second kappa shape index (κ2) is 8.86. The van der Waals surface area contributed by atoms with Crippen LogP contribution in [0.15, 0.2) is 53.4 Å². The molecule has 0 amide bonds. The molecule has 0 N–H and O–H groups in total. The van der Waals surface area contributed by atoms with E-state index in [1.807, 2.05) is 0 Å². The van der Waals surface area contributed by atoms with E-state index in [0.717, 1.165) is 19.3 Å². The molecule has 1 saturated heterocycles. The number of hydrogen-bond acceptors (Lipinski definition) is 5. The Hall–Kier alpha value is -2.22. The van der Waals surface area contributed by atoms with Crippen molar-refractivity contribution in [3.63, 3.8) is 0 Å². The van der Waals surface area contributed by atoms with Crippen molar-refractivity contribution in [2.75, 3.05) is 19.7 Å². The van der Waals surface area contributed by atoms with Crippen molar-refractivity contribution in [2.45, 2.75) is 24.2 Å². The van der Waals surface area contributed by atoms with Crippen molar-refractivity contribution in [2.24, 2.45) is 0 Å². The Morgan fingerprint density at radius 3 is 2.32 bits per heavy atom. The van der Waals surface area contributed by atoms with Crippen LogP contribution in [0.25, 0.3) is 0 Å². The van der Waals surface area contributed by atoms with E-state index in [1.54, 1.807) is 30.3 Å². The Morgan fingerprint density at radius 1 is 0.964 bits per heavy atom. The van der Waals surface area contributed by atoms with E-state index >= 15 is 0 Å².